The minimum absolute atomic E-state index is 0.0343. The molecule has 0 fully saturated rings. The number of pyridine rings is 1. The number of nitrogens with two attached hydrogens (primary N) is 1. The van der Waals surface area contributed by atoms with Crippen molar-refractivity contribution >= 4 is 33.6 Å². The van der Waals surface area contributed by atoms with E-state index in [0.29, 0.717) is 6.54 Å². The van der Waals surface area contributed by atoms with Crippen LogP contribution in [0.4, 0.5) is 17.6 Å². The summed E-state index contributed by atoms with van der Waals surface area (Å²) in [7, 11) is -1.97. The Morgan fingerprint density at radius 2 is 1.82 bits per heavy atom. The smallest absolute Gasteiger partial charge is 0.332 e. The molecule has 0 saturated carbocycles. The Morgan fingerprint density at radius 3 is 2.29 bits per heavy atom. The van der Waals surface area contributed by atoms with Gasteiger partial charge in [0, 0.05) is 18.1 Å². The second kappa shape index (κ2) is 7.57. The molecule has 158 valence electrons. The molecule has 2 aromatic heterocycles. The Morgan fingerprint density at radius 1 is 1.25 bits per heavy atom. The first-order chi connectivity index (χ1) is 12.5. The van der Waals surface area contributed by atoms with Crippen LogP contribution in [-0.4, -0.2) is 24.7 Å². The van der Waals surface area contributed by atoms with Crippen molar-refractivity contribution in [2.24, 2.45) is 10.6 Å². The number of hydrogen-bond acceptors (Lipinski definition) is 2. The van der Waals surface area contributed by atoms with Gasteiger partial charge >= 0.3 is 6.18 Å². The summed E-state index contributed by atoms with van der Waals surface area (Å²) in [6.07, 6.45) is -3.82. The molecule has 0 amide bonds. The number of rotatable bonds is 5. The van der Waals surface area contributed by atoms with Gasteiger partial charge in [0.15, 0.2) is 11.0 Å². The van der Waals surface area contributed by atoms with Crippen LogP contribution in [0.3, 0.4) is 0 Å². The first kappa shape index (κ1) is 23.1. The van der Waals surface area contributed by atoms with E-state index in [0.717, 1.165) is 6.07 Å². The average Bonchev–Trinajstić information content (AvgIpc) is 2.80. The van der Waals surface area contributed by atoms with Gasteiger partial charge in [-0.2, -0.15) is 13.2 Å². The molecule has 28 heavy (non-hydrogen) atoms. The van der Waals surface area contributed by atoms with Crippen LogP contribution < -0.4 is 5.14 Å². The van der Waals surface area contributed by atoms with E-state index >= 15 is 0 Å². The summed E-state index contributed by atoms with van der Waals surface area (Å²) in [6, 6.07) is 0.976. The lowest BCUT2D eigenvalue weighted by Crippen LogP contribution is -2.37. The molecule has 2 atom stereocenters. The monoisotopic (exact) mass is 441 g/mol. The predicted molar refractivity (Wildman–Crippen MR) is 104 cm³/mol. The zero-order valence-corrected chi connectivity index (χ0v) is 17.9. The molecule has 0 aromatic carbocycles. The van der Waals surface area contributed by atoms with E-state index in [1.54, 1.807) is 4.57 Å². The molecule has 0 aliphatic rings. The summed E-state index contributed by atoms with van der Waals surface area (Å²) in [5, 5.41) is 5.03. The first-order valence-electron chi connectivity index (χ1n) is 8.61. The lowest BCUT2D eigenvalue weighted by Gasteiger charge is -2.28. The molecule has 2 rings (SSSR count). The number of alkyl halides is 3. The van der Waals surface area contributed by atoms with Gasteiger partial charge in [-0.05, 0) is 37.3 Å². The van der Waals surface area contributed by atoms with E-state index in [-0.39, 0.29) is 22.0 Å². The van der Waals surface area contributed by atoms with Crippen molar-refractivity contribution in [1.29, 1.82) is 0 Å². The molecule has 0 saturated heterocycles. The first-order valence-corrected chi connectivity index (χ1v) is 10.2. The van der Waals surface area contributed by atoms with Gasteiger partial charge in [-0.25, -0.2) is 13.6 Å². The van der Waals surface area contributed by atoms with Gasteiger partial charge in [-0.15, -0.1) is 0 Å². The zero-order chi connectivity index (χ0) is 21.7. The second-order valence-corrected chi connectivity index (χ2v) is 10.8. The maximum atomic E-state index is 14.0. The van der Waals surface area contributed by atoms with Gasteiger partial charge < -0.3 is 4.57 Å². The Labute approximate surface area is 169 Å². The molecular weight excluding hydrogens is 418 g/mol. The zero-order valence-electron chi connectivity index (χ0n) is 16.3. The van der Waals surface area contributed by atoms with E-state index < -0.39 is 45.2 Å². The number of halogens is 5. The van der Waals surface area contributed by atoms with E-state index in [1.165, 1.54) is 20.0 Å². The van der Waals surface area contributed by atoms with Crippen LogP contribution in [0.2, 0.25) is 5.15 Å². The largest absolute Gasteiger partial charge is 0.395 e. The third kappa shape index (κ3) is 5.04. The molecule has 0 radical (unpaired) electrons. The fourth-order valence-electron chi connectivity index (χ4n) is 3.07. The number of nitrogens with zero attached hydrogens (tertiary/aromatic N) is 2. The van der Waals surface area contributed by atoms with Crippen molar-refractivity contribution in [3.8, 4) is 0 Å². The summed E-state index contributed by atoms with van der Waals surface area (Å²) in [4.78, 5) is 3.98. The van der Waals surface area contributed by atoms with Gasteiger partial charge in [0.25, 0.3) is 0 Å². The van der Waals surface area contributed by atoms with Crippen LogP contribution in [0.25, 0.3) is 11.0 Å². The molecule has 2 N–H and O–H groups in total. The number of aromatic nitrogens is 2. The normalized spacial score (nSPS) is 15.8. The number of fused-ring (bicyclic) bond motifs is 1. The fraction of sp³-hybridized carbons (Fsp3) is 0.611. The summed E-state index contributed by atoms with van der Waals surface area (Å²) in [5.74, 6) is -2.88. The lowest BCUT2D eigenvalue weighted by atomic mass is 9.89. The Bertz CT molecular complexity index is 903. The summed E-state index contributed by atoms with van der Waals surface area (Å²) in [6.45, 7) is 8.94. The third-order valence-corrected chi connectivity index (χ3v) is 5.97. The van der Waals surface area contributed by atoms with Crippen molar-refractivity contribution in [2.75, 3.05) is 0 Å². The Balaban J connectivity index is 2.74. The molecule has 0 bridgehead atoms. The van der Waals surface area contributed by atoms with Gasteiger partial charge in [-0.3, -0.25) is 5.14 Å². The molecule has 1 unspecified atom stereocenters. The lowest BCUT2D eigenvalue weighted by molar-refractivity contribution is -0.152. The highest BCUT2D eigenvalue weighted by atomic mass is 35.5. The predicted octanol–water partition coefficient (Wildman–Crippen LogP) is 5.31. The Hall–Kier alpha value is -1.19. The van der Waals surface area contributed by atoms with Gasteiger partial charge in [0.1, 0.15) is 5.65 Å². The van der Waals surface area contributed by atoms with Crippen LogP contribution in [0.1, 0.15) is 52.5 Å². The molecule has 4 nitrogen and oxygen atoms in total. The van der Waals surface area contributed by atoms with Gasteiger partial charge in [-0.1, -0.05) is 32.4 Å². The summed E-state index contributed by atoms with van der Waals surface area (Å²) >= 11 is 5.78. The van der Waals surface area contributed by atoms with Crippen molar-refractivity contribution in [1.82, 2.24) is 9.55 Å². The maximum Gasteiger partial charge on any atom is 0.395 e. The van der Waals surface area contributed by atoms with E-state index in [1.807, 2.05) is 20.8 Å². The molecule has 2 heterocycles. The average molecular weight is 442 g/mol. The van der Waals surface area contributed by atoms with E-state index in [2.05, 4.69) is 4.98 Å². The Kier molecular flexibility index (Phi) is 6.24. The van der Waals surface area contributed by atoms with Gasteiger partial charge in [0.05, 0.1) is 21.7 Å². The summed E-state index contributed by atoms with van der Waals surface area (Å²) < 4.78 is 67.9. The summed E-state index contributed by atoms with van der Waals surface area (Å²) in [5.41, 5.74) is -0.220. The van der Waals surface area contributed by atoms with Crippen molar-refractivity contribution in [2.45, 2.75) is 64.4 Å². The van der Waals surface area contributed by atoms with Crippen molar-refractivity contribution in [3.63, 3.8) is 0 Å². The van der Waals surface area contributed by atoms with Crippen LogP contribution in [-0.2, 0) is 17.5 Å². The standard InChI is InChI=1S/C18H24ClF4N3OS/c1-16(2,3)9-26-8-11(10-6-13(20)14(19)25-15(10)26)12(18(21,22)23)7-17(4,5)28(24)27/h6,8,12H,7,9,24H2,1-5H3/t12-,28?/m0/s1. The van der Waals surface area contributed by atoms with Crippen molar-refractivity contribution < 1.29 is 21.8 Å². The van der Waals surface area contributed by atoms with Gasteiger partial charge in [0.2, 0.25) is 0 Å². The highest BCUT2D eigenvalue weighted by Crippen LogP contribution is 2.44. The maximum absolute atomic E-state index is 14.0. The molecular formula is C18H24ClF4N3OS. The van der Waals surface area contributed by atoms with Crippen LogP contribution in [0.5, 0.6) is 0 Å². The molecule has 0 aliphatic carbocycles. The van der Waals surface area contributed by atoms with Crippen LogP contribution in [0, 0.1) is 11.2 Å². The number of hydrogen-bond donors (Lipinski definition) is 1. The second-order valence-electron chi connectivity index (χ2n) is 8.76. The minimum Gasteiger partial charge on any atom is -0.332 e. The van der Waals surface area contributed by atoms with E-state index in [4.69, 9.17) is 16.7 Å². The molecule has 2 aromatic rings. The third-order valence-electron chi connectivity index (χ3n) is 4.45. The SMILES string of the molecule is CC(C)(C)Cn1cc([C@H](CC(C)(C)S(N)=O)C(F)(F)F)c2cc(F)c(Cl)nc21. The minimum atomic E-state index is -4.65. The highest BCUT2D eigenvalue weighted by Gasteiger charge is 2.46. The van der Waals surface area contributed by atoms with Crippen LogP contribution in [0.15, 0.2) is 12.3 Å². The molecule has 10 heteroatoms. The molecule has 0 spiro atoms. The topological polar surface area (TPSA) is 60.9 Å². The fourth-order valence-corrected chi connectivity index (χ4v) is 3.54. The van der Waals surface area contributed by atoms with Crippen molar-refractivity contribution in [3.05, 3.63) is 28.8 Å². The van der Waals surface area contributed by atoms with E-state index in [9.17, 15) is 21.8 Å². The molecule has 0 aliphatic heterocycles. The van der Waals surface area contributed by atoms with Crippen LogP contribution >= 0.6 is 11.6 Å². The highest BCUT2D eigenvalue weighted by molar-refractivity contribution is 7.84. The quantitative estimate of drug-likeness (QED) is 0.504.